The van der Waals surface area contributed by atoms with Crippen molar-refractivity contribution in [2.75, 3.05) is 39.9 Å². The molecule has 0 aliphatic rings. The molecule has 0 rings (SSSR count). The Bertz CT molecular complexity index is 188. The van der Waals surface area contributed by atoms with Crippen LogP contribution in [0.15, 0.2) is 0 Å². The van der Waals surface area contributed by atoms with E-state index in [1.807, 2.05) is 6.92 Å². The van der Waals surface area contributed by atoms with E-state index in [9.17, 15) is 4.79 Å². The van der Waals surface area contributed by atoms with E-state index in [1.165, 1.54) is 7.11 Å². The Hall–Kier alpha value is -0.650. The summed E-state index contributed by atoms with van der Waals surface area (Å²) in [5.74, 6) is -0.181. The minimum Gasteiger partial charge on any atom is -0.469 e. The molecule has 0 bridgehead atoms. The number of likely N-dealkylation sites (N-methyl/N-ethyl adjacent to an activating group) is 1. The number of esters is 1. The van der Waals surface area contributed by atoms with E-state index < -0.39 is 0 Å². The number of methoxy groups -OCH3 is 1. The summed E-state index contributed by atoms with van der Waals surface area (Å²) in [4.78, 5) is 13.2. The van der Waals surface area contributed by atoms with Crippen LogP contribution < -0.4 is 5.73 Å². The molecule has 0 saturated heterocycles. The van der Waals surface area contributed by atoms with Crippen molar-refractivity contribution < 1.29 is 14.3 Å². The molecule has 0 amide bonds. The number of nitrogens with zero attached hydrogens (tertiary/aromatic N) is 1. The summed E-state index contributed by atoms with van der Waals surface area (Å²) in [5.41, 5.74) is 5.60. The molecule has 0 heterocycles. The monoisotopic (exact) mass is 232 g/mol. The highest BCUT2D eigenvalue weighted by atomic mass is 16.5. The highest BCUT2D eigenvalue weighted by molar-refractivity contribution is 5.69. The highest BCUT2D eigenvalue weighted by Crippen LogP contribution is 1.98. The van der Waals surface area contributed by atoms with Gasteiger partial charge in [-0.05, 0) is 13.5 Å². The molecule has 0 saturated carbocycles. The minimum atomic E-state index is -0.181. The molecule has 0 fully saturated rings. The Balaban J connectivity index is 3.92. The van der Waals surface area contributed by atoms with Gasteiger partial charge in [0, 0.05) is 26.2 Å². The first-order chi connectivity index (χ1) is 7.67. The first kappa shape index (κ1) is 15.3. The normalized spacial score (nSPS) is 12.8. The molecule has 0 aromatic carbocycles. The van der Waals surface area contributed by atoms with Crippen LogP contribution in [0, 0.1) is 0 Å². The van der Waals surface area contributed by atoms with Crippen molar-refractivity contribution in [3.63, 3.8) is 0 Å². The van der Waals surface area contributed by atoms with Crippen LogP contribution in [0.25, 0.3) is 0 Å². The van der Waals surface area contributed by atoms with Crippen LogP contribution in [0.5, 0.6) is 0 Å². The van der Waals surface area contributed by atoms with E-state index in [0.29, 0.717) is 26.1 Å². The third kappa shape index (κ3) is 6.76. The molecule has 0 aromatic heterocycles. The number of ether oxygens (including phenoxy) is 2. The van der Waals surface area contributed by atoms with E-state index in [-0.39, 0.29) is 12.1 Å². The summed E-state index contributed by atoms with van der Waals surface area (Å²) in [7, 11) is 1.40. The van der Waals surface area contributed by atoms with E-state index >= 15 is 0 Å². The van der Waals surface area contributed by atoms with Crippen molar-refractivity contribution >= 4 is 5.97 Å². The number of nitrogens with two attached hydrogens (primary N) is 1. The van der Waals surface area contributed by atoms with Gasteiger partial charge in [-0.15, -0.1) is 0 Å². The molecule has 0 aliphatic carbocycles. The number of hydrogen-bond donors (Lipinski definition) is 1. The van der Waals surface area contributed by atoms with Crippen LogP contribution >= 0.6 is 0 Å². The fourth-order valence-electron chi connectivity index (χ4n) is 1.45. The third-order valence-corrected chi connectivity index (χ3v) is 2.43. The summed E-state index contributed by atoms with van der Waals surface area (Å²) in [6, 6.07) is 0. The molecule has 16 heavy (non-hydrogen) atoms. The average Bonchev–Trinajstić information content (AvgIpc) is 2.32. The van der Waals surface area contributed by atoms with Gasteiger partial charge in [0.2, 0.25) is 0 Å². The van der Waals surface area contributed by atoms with Crippen molar-refractivity contribution in [3.8, 4) is 0 Å². The molecule has 0 spiro atoms. The summed E-state index contributed by atoms with van der Waals surface area (Å²) in [6.07, 6.45) is 0.455. The average molecular weight is 232 g/mol. The predicted octanol–water partition coefficient (Wildman–Crippen LogP) is 0.235. The zero-order chi connectivity index (χ0) is 12.4. The molecule has 5 heteroatoms. The molecular weight excluding hydrogens is 208 g/mol. The number of carbonyl (C=O) groups is 1. The second kappa shape index (κ2) is 9.57. The Morgan fingerprint density at radius 2 is 2.12 bits per heavy atom. The van der Waals surface area contributed by atoms with Gasteiger partial charge >= 0.3 is 5.97 Å². The van der Waals surface area contributed by atoms with Crippen molar-refractivity contribution in [3.05, 3.63) is 0 Å². The second-order valence-electron chi connectivity index (χ2n) is 3.53. The smallest absolute Gasteiger partial charge is 0.306 e. The van der Waals surface area contributed by atoms with Gasteiger partial charge in [0.15, 0.2) is 0 Å². The van der Waals surface area contributed by atoms with Crippen LogP contribution in [-0.4, -0.2) is 56.9 Å². The molecule has 96 valence electrons. The van der Waals surface area contributed by atoms with Crippen molar-refractivity contribution in [1.82, 2.24) is 4.90 Å². The van der Waals surface area contributed by atoms with E-state index in [2.05, 4.69) is 16.6 Å². The van der Waals surface area contributed by atoms with Crippen LogP contribution in [0.4, 0.5) is 0 Å². The quantitative estimate of drug-likeness (QED) is 0.577. The standard InChI is InChI=1S/C11H24N2O3/c1-4-13(7-6-11(14)15-3)9-10(8-12)16-5-2/h10H,4-9,12H2,1-3H3. The molecule has 0 aliphatic heterocycles. The molecule has 0 radical (unpaired) electrons. The topological polar surface area (TPSA) is 64.8 Å². The van der Waals surface area contributed by atoms with Crippen molar-refractivity contribution in [1.29, 1.82) is 0 Å². The van der Waals surface area contributed by atoms with Gasteiger partial charge in [-0.1, -0.05) is 6.92 Å². The van der Waals surface area contributed by atoms with Gasteiger partial charge in [-0.2, -0.15) is 0 Å². The van der Waals surface area contributed by atoms with Crippen LogP contribution in [0.2, 0.25) is 0 Å². The number of rotatable bonds is 9. The fraction of sp³-hybridized carbons (Fsp3) is 0.909. The van der Waals surface area contributed by atoms with Gasteiger partial charge < -0.3 is 20.1 Å². The first-order valence-electron chi connectivity index (χ1n) is 5.78. The number of hydrogen-bond acceptors (Lipinski definition) is 5. The highest BCUT2D eigenvalue weighted by Gasteiger charge is 2.13. The zero-order valence-corrected chi connectivity index (χ0v) is 10.6. The zero-order valence-electron chi connectivity index (χ0n) is 10.6. The van der Waals surface area contributed by atoms with Gasteiger partial charge in [0.25, 0.3) is 0 Å². The fourth-order valence-corrected chi connectivity index (χ4v) is 1.45. The van der Waals surface area contributed by atoms with Gasteiger partial charge in [-0.25, -0.2) is 0 Å². The van der Waals surface area contributed by atoms with Crippen LogP contribution in [0.1, 0.15) is 20.3 Å². The Labute approximate surface area is 97.9 Å². The summed E-state index contributed by atoms with van der Waals surface area (Å²) >= 11 is 0. The molecule has 0 aromatic rings. The second-order valence-corrected chi connectivity index (χ2v) is 3.53. The largest absolute Gasteiger partial charge is 0.469 e. The van der Waals surface area contributed by atoms with Gasteiger partial charge in [0.05, 0.1) is 19.6 Å². The third-order valence-electron chi connectivity index (χ3n) is 2.43. The lowest BCUT2D eigenvalue weighted by Crippen LogP contribution is -2.39. The molecular formula is C11H24N2O3. The molecule has 2 N–H and O–H groups in total. The minimum absolute atomic E-state index is 0.0441. The van der Waals surface area contributed by atoms with Gasteiger partial charge in [0.1, 0.15) is 0 Å². The predicted molar refractivity (Wildman–Crippen MR) is 63.2 cm³/mol. The van der Waals surface area contributed by atoms with Crippen LogP contribution in [-0.2, 0) is 14.3 Å². The maximum Gasteiger partial charge on any atom is 0.306 e. The lowest BCUT2D eigenvalue weighted by molar-refractivity contribution is -0.141. The summed E-state index contributed by atoms with van der Waals surface area (Å²) in [6.45, 7) is 7.49. The number of carbonyl (C=O) groups excluding carboxylic acids is 1. The maximum absolute atomic E-state index is 11.0. The lowest BCUT2D eigenvalue weighted by atomic mass is 10.3. The lowest BCUT2D eigenvalue weighted by Gasteiger charge is -2.25. The van der Waals surface area contributed by atoms with Crippen molar-refractivity contribution in [2.24, 2.45) is 5.73 Å². The van der Waals surface area contributed by atoms with Gasteiger partial charge in [-0.3, -0.25) is 4.79 Å². The first-order valence-corrected chi connectivity index (χ1v) is 5.78. The summed E-state index contributed by atoms with van der Waals surface area (Å²) in [5, 5.41) is 0. The van der Waals surface area contributed by atoms with E-state index in [1.54, 1.807) is 0 Å². The Morgan fingerprint density at radius 3 is 2.56 bits per heavy atom. The molecule has 5 nitrogen and oxygen atoms in total. The SMILES string of the molecule is CCOC(CN)CN(CC)CCC(=O)OC. The maximum atomic E-state index is 11.0. The van der Waals surface area contributed by atoms with E-state index in [0.717, 1.165) is 13.1 Å². The Kier molecular flexibility index (Phi) is 9.18. The van der Waals surface area contributed by atoms with E-state index in [4.69, 9.17) is 10.5 Å². The van der Waals surface area contributed by atoms with Crippen LogP contribution in [0.3, 0.4) is 0 Å². The Morgan fingerprint density at radius 1 is 1.44 bits per heavy atom. The summed E-state index contributed by atoms with van der Waals surface area (Å²) < 4.78 is 10.1. The molecule has 1 unspecified atom stereocenters. The molecule has 1 atom stereocenters. The van der Waals surface area contributed by atoms with Crippen molar-refractivity contribution in [2.45, 2.75) is 26.4 Å².